The van der Waals surface area contributed by atoms with Crippen molar-refractivity contribution in [2.75, 3.05) is 92.2 Å². The number of piperazine rings is 2. The van der Waals surface area contributed by atoms with Crippen LogP contribution in [0, 0.1) is 5.92 Å². The Kier molecular flexibility index (Phi) is 6.68. The van der Waals surface area contributed by atoms with Crippen molar-refractivity contribution in [3.63, 3.8) is 0 Å². The van der Waals surface area contributed by atoms with Gasteiger partial charge in [-0.3, -0.25) is 9.80 Å². The molecule has 0 aromatic heterocycles. The predicted molar refractivity (Wildman–Crippen MR) is 93.8 cm³/mol. The topological polar surface area (TPSA) is 45.2 Å². The van der Waals surface area contributed by atoms with E-state index >= 15 is 0 Å². The lowest BCUT2D eigenvalue weighted by molar-refractivity contribution is 0.0377. The van der Waals surface area contributed by atoms with E-state index < -0.39 is 0 Å². The van der Waals surface area contributed by atoms with Crippen LogP contribution in [0.25, 0.3) is 0 Å². The molecule has 2 atom stereocenters. The van der Waals surface area contributed by atoms with Gasteiger partial charge in [0.2, 0.25) is 0 Å². The number of aliphatic hydroxyl groups is 1. The first kappa shape index (κ1) is 17.6. The summed E-state index contributed by atoms with van der Waals surface area (Å²) in [5.74, 6) is 0.809. The maximum Gasteiger partial charge on any atom is 0.0558 e. The lowest BCUT2D eigenvalue weighted by Crippen LogP contribution is -2.59. The van der Waals surface area contributed by atoms with Crippen LogP contribution in [0.4, 0.5) is 0 Å². The largest absolute Gasteiger partial charge is 0.395 e. The zero-order valence-corrected chi connectivity index (χ0v) is 14.8. The standard InChI is InChI=1S/C17H35N5O/c1-19-4-10-22(11-5-19)17-14-18-3-2-16(17)15-21-8-6-20(7-9-21)12-13-23/h16-18,23H,2-15H2,1H3. The van der Waals surface area contributed by atoms with E-state index in [-0.39, 0.29) is 0 Å². The first-order chi connectivity index (χ1) is 11.3. The lowest BCUT2D eigenvalue weighted by Gasteiger charge is -2.46. The van der Waals surface area contributed by atoms with Gasteiger partial charge >= 0.3 is 0 Å². The molecule has 6 nitrogen and oxygen atoms in total. The molecule has 3 aliphatic rings. The normalized spacial score (nSPS) is 33.1. The van der Waals surface area contributed by atoms with Crippen molar-refractivity contribution in [1.82, 2.24) is 24.9 Å². The van der Waals surface area contributed by atoms with Crippen molar-refractivity contribution in [2.45, 2.75) is 12.5 Å². The van der Waals surface area contributed by atoms with Crippen LogP contribution in [-0.2, 0) is 0 Å². The molecule has 3 saturated heterocycles. The van der Waals surface area contributed by atoms with E-state index in [1.807, 2.05) is 0 Å². The van der Waals surface area contributed by atoms with Crippen molar-refractivity contribution in [2.24, 2.45) is 5.92 Å². The molecule has 2 N–H and O–H groups in total. The molecule has 0 aliphatic carbocycles. The van der Waals surface area contributed by atoms with Gasteiger partial charge in [0.1, 0.15) is 0 Å². The molecule has 0 spiro atoms. The monoisotopic (exact) mass is 325 g/mol. The van der Waals surface area contributed by atoms with E-state index in [1.54, 1.807) is 0 Å². The minimum atomic E-state index is 0.291. The van der Waals surface area contributed by atoms with E-state index in [0.717, 1.165) is 25.6 Å². The Morgan fingerprint density at radius 1 is 0.957 bits per heavy atom. The molecule has 0 bridgehead atoms. The van der Waals surface area contributed by atoms with E-state index in [1.165, 1.54) is 65.3 Å². The molecule has 0 aromatic rings. The molecule has 6 heteroatoms. The van der Waals surface area contributed by atoms with Crippen LogP contribution in [0.3, 0.4) is 0 Å². The summed E-state index contributed by atoms with van der Waals surface area (Å²) < 4.78 is 0. The molecule has 2 unspecified atom stereocenters. The molecular weight excluding hydrogens is 290 g/mol. The number of piperidine rings is 1. The van der Waals surface area contributed by atoms with Gasteiger partial charge in [-0.15, -0.1) is 0 Å². The molecule has 3 aliphatic heterocycles. The van der Waals surface area contributed by atoms with Crippen molar-refractivity contribution in [3.8, 4) is 0 Å². The number of rotatable bonds is 5. The van der Waals surface area contributed by atoms with Crippen molar-refractivity contribution in [3.05, 3.63) is 0 Å². The second-order valence-electron chi connectivity index (χ2n) is 7.53. The van der Waals surface area contributed by atoms with Gasteiger partial charge in [0.25, 0.3) is 0 Å². The zero-order chi connectivity index (χ0) is 16.1. The highest BCUT2D eigenvalue weighted by molar-refractivity contribution is 4.90. The molecule has 0 aromatic carbocycles. The predicted octanol–water partition coefficient (Wildman–Crippen LogP) is -1.18. The highest BCUT2D eigenvalue weighted by atomic mass is 16.3. The number of hydrogen-bond donors (Lipinski definition) is 2. The van der Waals surface area contributed by atoms with Crippen LogP contribution in [0.1, 0.15) is 6.42 Å². The fourth-order valence-corrected chi connectivity index (χ4v) is 4.36. The van der Waals surface area contributed by atoms with Gasteiger partial charge in [-0.1, -0.05) is 0 Å². The third-order valence-electron chi connectivity index (χ3n) is 5.97. The molecule has 0 saturated carbocycles. The Bertz CT molecular complexity index is 340. The molecule has 0 amide bonds. The second kappa shape index (κ2) is 8.74. The van der Waals surface area contributed by atoms with Crippen LogP contribution in [0.5, 0.6) is 0 Å². The molecule has 0 radical (unpaired) electrons. The van der Waals surface area contributed by atoms with Crippen LogP contribution >= 0.6 is 0 Å². The molecule has 23 heavy (non-hydrogen) atoms. The van der Waals surface area contributed by atoms with Crippen molar-refractivity contribution >= 4 is 0 Å². The van der Waals surface area contributed by atoms with Crippen molar-refractivity contribution in [1.29, 1.82) is 0 Å². The number of aliphatic hydroxyl groups excluding tert-OH is 1. The summed E-state index contributed by atoms with van der Waals surface area (Å²) in [5.41, 5.74) is 0. The molecule has 134 valence electrons. The number of nitrogens with zero attached hydrogens (tertiary/aromatic N) is 4. The van der Waals surface area contributed by atoms with Crippen LogP contribution in [-0.4, -0.2) is 123 Å². The van der Waals surface area contributed by atoms with Crippen LogP contribution < -0.4 is 5.32 Å². The number of likely N-dealkylation sites (N-methyl/N-ethyl adjacent to an activating group) is 1. The van der Waals surface area contributed by atoms with Gasteiger partial charge in [0.15, 0.2) is 0 Å². The average molecular weight is 326 g/mol. The van der Waals surface area contributed by atoms with E-state index in [2.05, 4.69) is 32.0 Å². The number of hydrogen-bond acceptors (Lipinski definition) is 6. The smallest absolute Gasteiger partial charge is 0.0558 e. The minimum absolute atomic E-state index is 0.291. The Hall–Kier alpha value is -0.240. The minimum Gasteiger partial charge on any atom is -0.395 e. The van der Waals surface area contributed by atoms with Crippen molar-refractivity contribution < 1.29 is 5.11 Å². The van der Waals surface area contributed by atoms with Gasteiger partial charge in [0, 0.05) is 78.0 Å². The summed E-state index contributed by atoms with van der Waals surface area (Å²) in [6.45, 7) is 14.2. The summed E-state index contributed by atoms with van der Waals surface area (Å²) in [6, 6.07) is 0.716. The lowest BCUT2D eigenvalue weighted by atomic mass is 9.90. The van der Waals surface area contributed by atoms with Crippen LogP contribution in [0.15, 0.2) is 0 Å². The summed E-state index contributed by atoms with van der Waals surface area (Å²) in [4.78, 5) is 10.2. The molecular formula is C17H35N5O. The van der Waals surface area contributed by atoms with E-state index in [9.17, 15) is 0 Å². The zero-order valence-electron chi connectivity index (χ0n) is 14.8. The molecule has 3 heterocycles. The fourth-order valence-electron chi connectivity index (χ4n) is 4.36. The first-order valence-electron chi connectivity index (χ1n) is 9.45. The number of nitrogens with one attached hydrogen (secondary N) is 1. The Morgan fingerprint density at radius 3 is 2.35 bits per heavy atom. The molecule has 3 fully saturated rings. The summed E-state index contributed by atoms with van der Waals surface area (Å²) in [5, 5.41) is 12.7. The molecule has 3 rings (SSSR count). The van der Waals surface area contributed by atoms with Crippen LogP contribution in [0.2, 0.25) is 0 Å². The highest BCUT2D eigenvalue weighted by Gasteiger charge is 2.33. The van der Waals surface area contributed by atoms with Gasteiger partial charge in [0.05, 0.1) is 6.61 Å². The van der Waals surface area contributed by atoms with E-state index in [0.29, 0.717) is 12.6 Å². The fraction of sp³-hybridized carbons (Fsp3) is 1.00. The van der Waals surface area contributed by atoms with Gasteiger partial charge in [-0.05, 0) is 25.9 Å². The summed E-state index contributed by atoms with van der Waals surface area (Å²) >= 11 is 0. The van der Waals surface area contributed by atoms with Gasteiger partial charge in [-0.2, -0.15) is 0 Å². The summed E-state index contributed by atoms with van der Waals surface area (Å²) in [6.07, 6.45) is 1.31. The first-order valence-corrected chi connectivity index (χ1v) is 9.45. The van der Waals surface area contributed by atoms with E-state index in [4.69, 9.17) is 5.11 Å². The van der Waals surface area contributed by atoms with Gasteiger partial charge < -0.3 is 20.2 Å². The highest BCUT2D eigenvalue weighted by Crippen LogP contribution is 2.21. The third kappa shape index (κ3) is 4.87. The number of β-amino-alcohol motifs (C(OH)–C–C–N with tert-alkyl or cyclic N) is 1. The Balaban J connectivity index is 1.49. The quantitative estimate of drug-likeness (QED) is 0.664. The Labute approximate surface area is 141 Å². The van der Waals surface area contributed by atoms with Gasteiger partial charge in [-0.25, -0.2) is 0 Å². The SMILES string of the molecule is CN1CCN(C2CNCCC2CN2CCN(CCO)CC2)CC1. The maximum absolute atomic E-state index is 9.07. The Morgan fingerprint density at radius 2 is 1.65 bits per heavy atom. The third-order valence-corrected chi connectivity index (χ3v) is 5.97. The average Bonchev–Trinajstić information content (AvgIpc) is 2.58. The summed E-state index contributed by atoms with van der Waals surface area (Å²) in [7, 11) is 2.24. The maximum atomic E-state index is 9.07. The second-order valence-corrected chi connectivity index (χ2v) is 7.53.